The first kappa shape index (κ1) is 19.5. The van der Waals surface area contributed by atoms with Crippen molar-refractivity contribution in [2.45, 2.75) is 25.3 Å². The third kappa shape index (κ3) is 4.14. The van der Waals surface area contributed by atoms with Gasteiger partial charge in [0.1, 0.15) is 11.5 Å². The van der Waals surface area contributed by atoms with Gasteiger partial charge in [-0.2, -0.15) is 0 Å². The summed E-state index contributed by atoms with van der Waals surface area (Å²) in [6, 6.07) is 1.82. The summed E-state index contributed by atoms with van der Waals surface area (Å²) in [5.41, 5.74) is 1.46. The Morgan fingerprint density at radius 1 is 1.41 bits per heavy atom. The maximum absolute atomic E-state index is 14.5. The van der Waals surface area contributed by atoms with Crippen molar-refractivity contribution in [1.82, 2.24) is 25.5 Å². The second kappa shape index (κ2) is 8.28. The second-order valence-electron chi connectivity index (χ2n) is 7.05. The van der Waals surface area contributed by atoms with Gasteiger partial charge in [-0.1, -0.05) is 11.6 Å². The molecule has 8 nitrogen and oxygen atoms in total. The molecule has 1 amide bonds. The smallest absolute Gasteiger partial charge is 0.409 e. The van der Waals surface area contributed by atoms with Crippen LogP contribution in [0, 0.1) is 0 Å². The zero-order chi connectivity index (χ0) is 20.4. The molecule has 0 aliphatic carbocycles. The van der Waals surface area contributed by atoms with Gasteiger partial charge in [0.15, 0.2) is 11.6 Å². The average Bonchev–Trinajstić information content (AvgIpc) is 2.99. The van der Waals surface area contributed by atoms with E-state index in [0.29, 0.717) is 36.0 Å². The topological polar surface area (TPSA) is 94.6 Å². The standard InChI is InChI=1S/C19H22ClFN6O2/c1-29-19(28)27-5-2-3-12(4-6-27)25-18-15(21)10-24-17(26-18)14-9-23-16-13(14)7-11(20)8-22-16/h7-9,12,25H,2-6,10H2,1H3,(H,22,23)(H,24,26). The second-order valence-corrected chi connectivity index (χ2v) is 7.49. The third-order valence-corrected chi connectivity index (χ3v) is 5.35. The minimum atomic E-state index is -0.348. The monoisotopic (exact) mass is 420 g/mol. The molecule has 4 heterocycles. The summed E-state index contributed by atoms with van der Waals surface area (Å²) >= 11 is 6.07. The molecule has 0 radical (unpaired) electrons. The van der Waals surface area contributed by atoms with Gasteiger partial charge in [-0.25, -0.2) is 19.2 Å². The number of carbonyl (C=O) groups excluding carboxylic acids is 1. The fourth-order valence-electron chi connectivity index (χ4n) is 3.64. The molecule has 0 saturated carbocycles. The number of nitrogens with zero attached hydrogens (tertiary/aromatic N) is 3. The van der Waals surface area contributed by atoms with Crippen LogP contribution in [0.25, 0.3) is 11.0 Å². The molecule has 1 atom stereocenters. The Labute approximate surface area is 172 Å². The van der Waals surface area contributed by atoms with Crippen molar-refractivity contribution in [3.8, 4) is 0 Å². The molecular formula is C19H22ClFN6O2. The molecule has 29 heavy (non-hydrogen) atoms. The number of halogens is 2. The fraction of sp³-hybridized carbons (Fsp3) is 0.421. The summed E-state index contributed by atoms with van der Waals surface area (Å²) in [5.74, 6) is 0.424. The number of hydrogen-bond donors (Lipinski definition) is 3. The van der Waals surface area contributed by atoms with Gasteiger partial charge in [0.05, 0.1) is 18.7 Å². The van der Waals surface area contributed by atoms with Crippen molar-refractivity contribution in [3.63, 3.8) is 0 Å². The maximum Gasteiger partial charge on any atom is 0.409 e. The zero-order valence-corrected chi connectivity index (χ0v) is 16.7. The van der Waals surface area contributed by atoms with Gasteiger partial charge in [-0.3, -0.25) is 0 Å². The van der Waals surface area contributed by atoms with Gasteiger partial charge in [0.25, 0.3) is 0 Å². The summed E-state index contributed by atoms with van der Waals surface area (Å²) in [4.78, 5) is 25.2. The van der Waals surface area contributed by atoms with E-state index in [1.54, 1.807) is 23.4 Å². The first-order valence-electron chi connectivity index (χ1n) is 9.49. The van der Waals surface area contributed by atoms with Crippen LogP contribution in [0.15, 0.2) is 35.1 Å². The molecule has 4 rings (SSSR count). The van der Waals surface area contributed by atoms with Crippen LogP contribution in [0.5, 0.6) is 0 Å². The summed E-state index contributed by atoms with van der Waals surface area (Å²) < 4.78 is 19.3. The van der Waals surface area contributed by atoms with Crippen molar-refractivity contribution in [1.29, 1.82) is 0 Å². The van der Waals surface area contributed by atoms with Crippen molar-refractivity contribution in [3.05, 3.63) is 40.7 Å². The quantitative estimate of drug-likeness (QED) is 0.709. The lowest BCUT2D eigenvalue weighted by atomic mass is 10.1. The normalized spacial score (nSPS) is 20.2. The van der Waals surface area contributed by atoms with Crippen LogP contribution in [0.4, 0.5) is 9.18 Å². The zero-order valence-electron chi connectivity index (χ0n) is 16.0. The molecular weight excluding hydrogens is 399 g/mol. The van der Waals surface area contributed by atoms with E-state index in [-0.39, 0.29) is 30.3 Å². The van der Waals surface area contributed by atoms with E-state index in [2.05, 4.69) is 25.6 Å². The largest absolute Gasteiger partial charge is 0.453 e. The number of H-pyrrole nitrogens is 1. The van der Waals surface area contributed by atoms with Crippen molar-refractivity contribution in [2.24, 2.45) is 4.99 Å². The summed E-state index contributed by atoms with van der Waals surface area (Å²) in [7, 11) is 1.38. The van der Waals surface area contributed by atoms with Crippen LogP contribution in [0.3, 0.4) is 0 Å². The number of amidine groups is 1. The van der Waals surface area contributed by atoms with Crippen molar-refractivity contribution >= 4 is 34.6 Å². The number of nitrogens with one attached hydrogen (secondary N) is 3. The molecule has 1 fully saturated rings. The molecule has 1 saturated heterocycles. The highest BCUT2D eigenvalue weighted by atomic mass is 35.5. The molecule has 2 aromatic rings. The van der Waals surface area contributed by atoms with Gasteiger partial charge in [-0.05, 0) is 25.3 Å². The highest BCUT2D eigenvalue weighted by molar-refractivity contribution is 6.31. The number of fused-ring (bicyclic) bond motifs is 1. The van der Waals surface area contributed by atoms with Crippen LogP contribution in [0.2, 0.25) is 5.02 Å². The average molecular weight is 421 g/mol. The van der Waals surface area contributed by atoms with E-state index in [9.17, 15) is 9.18 Å². The molecule has 0 spiro atoms. The van der Waals surface area contributed by atoms with E-state index >= 15 is 0 Å². The molecule has 2 aliphatic heterocycles. The van der Waals surface area contributed by atoms with Crippen LogP contribution < -0.4 is 10.6 Å². The highest BCUT2D eigenvalue weighted by Gasteiger charge is 2.24. The summed E-state index contributed by atoms with van der Waals surface area (Å²) in [6.07, 6.45) is 5.33. The first-order chi connectivity index (χ1) is 14.0. The van der Waals surface area contributed by atoms with E-state index < -0.39 is 0 Å². The predicted octanol–water partition coefficient (Wildman–Crippen LogP) is 2.92. The molecule has 2 aliphatic rings. The van der Waals surface area contributed by atoms with E-state index in [0.717, 1.165) is 23.8 Å². The first-order valence-corrected chi connectivity index (χ1v) is 9.86. The van der Waals surface area contributed by atoms with E-state index in [1.807, 2.05) is 0 Å². The number of aliphatic imine (C=N–C) groups is 1. The predicted molar refractivity (Wildman–Crippen MR) is 109 cm³/mol. The Hall–Kier alpha value is -2.81. The van der Waals surface area contributed by atoms with Gasteiger partial charge in [0.2, 0.25) is 0 Å². The number of likely N-dealkylation sites (tertiary alicyclic amines) is 1. The number of aromatic amines is 1. The summed E-state index contributed by atoms with van der Waals surface area (Å²) in [5, 5.41) is 7.56. The Morgan fingerprint density at radius 2 is 2.28 bits per heavy atom. The SMILES string of the molecule is COC(=O)N1CCCC(NC2=C(F)CNC(c3c[nH]c4ncc(Cl)cc34)=N2)CC1. The van der Waals surface area contributed by atoms with Crippen molar-refractivity contribution in [2.75, 3.05) is 26.7 Å². The number of rotatable bonds is 3. The number of amides is 1. The fourth-order valence-corrected chi connectivity index (χ4v) is 3.80. The Balaban J connectivity index is 1.52. The number of methoxy groups -OCH3 is 1. The number of pyridine rings is 1. The lowest BCUT2D eigenvalue weighted by molar-refractivity contribution is 0.125. The minimum absolute atomic E-state index is 0.0209. The van der Waals surface area contributed by atoms with Crippen molar-refractivity contribution < 1.29 is 13.9 Å². The van der Waals surface area contributed by atoms with Gasteiger partial charge >= 0.3 is 6.09 Å². The van der Waals surface area contributed by atoms with Crippen LogP contribution >= 0.6 is 11.6 Å². The Morgan fingerprint density at radius 3 is 3.10 bits per heavy atom. The van der Waals surface area contributed by atoms with Gasteiger partial charge < -0.3 is 25.3 Å². The van der Waals surface area contributed by atoms with Crippen LogP contribution in [-0.4, -0.2) is 59.6 Å². The molecule has 1 unspecified atom stereocenters. The number of aromatic nitrogens is 2. The highest BCUT2D eigenvalue weighted by Crippen LogP contribution is 2.23. The lowest BCUT2D eigenvalue weighted by Gasteiger charge is -2.23. The molecule has 154 valence electrons. The molecule has 2 aromatic heterocycles. The molecule has 3 N–H and O–H groups in total. The Bertz CT molecular complexity index is 988. The minimum Gasteiger partial charge on any atom is -0.453 e. The maximum atomic E-state index is 14.5. The van der Waals surface area contributed by atoms with Gasteiger partial charge in [0, 0.05) is 42.5 Å². The molecule has 0 bridgehead atoms. The number of carbonyl (C=O) groups is 1. The molecule has 10 heteroatoms. The number of hydrogen-bond acceptors (Lipinski definition) is 6. The molecule has 0 aromatic carbocycles. The third-order valence-electron chi connectivity index (χ3n) is 5.15. The van der Waals surface area contributed by atoms with E-state index in [4.69, 9.17) is 16.3 Å². The van der Waals surface area contributed by atoms with Crippen LogP contribution in [-0.2, 0) is 4.74 Å². The van der Waals surface area contributed by atoms with Gasteiger partial charge in [-0.15, -0.1) is 0 Å². The number of ether oxygens (including phenoxy) is 1. The van der Waals surface area contributed by atoms with Crippen LogP contribution in [0.1, 0.15) is 24.8 Å². The van der Waals surface area contributed by atoms with E-state index in [1.165, 1.54) is 7.11 Å². The Kier molecular flexibility index (Phi) is 5.57. The summed E-state index contributed by atoms with van der Waals surface area (Å²) in [6.45, 7) is 1.23. The lowest BCUT2D eigenvalue weighted by Crippen LogP contribution is -2.37.